The van der Waals surface area contributed by atoms with Crippen molar-refractivity contribution in [1.82, 2.24) is 9.78 Å². The Hall–Kier alpha value is -2.27. The van der Waals surface area contributed by atoms with E-state index in [0.29, 0.717) is 11.9 Å². The van der Waals surface area contributed by atoms with Crippen LogP contribution in [0.4, 0.5) is 0 Å². The molecule has 1 heterocycles. The molecule has 0 aliphatic carbocycles. The second kappa shape index (κ2) is 6.01. The van der Waals surface area contributed by atoms with Crippen molar-refractivity contribution < 1.29 is 9.90 Å². The predicted molar refractivity (Wildman–Crippen MR) is 83.9 cm³/mol. The Kier molecular flexibility index (Phi) is 3.92. The van der Waals surface area contributed by atoms with Crippen molar-refractivity contribution in [1.29, 1.82) is 0 Å². The topological polar surface area (TPSA) is 55.1 Å². The molecule has 21 heavy (non-hydrogen) atoms. The average molecular weight is 298 g/mol. The quantitative estimate of drug-likeness (QED) is 0.732. The number of aromatic nitrogens is 2. The van der Waals surface area contributed by atoms with Crippen LogP contribution in [0.15, 0.2) is 59.5 Å². The van der Waals surface area contributed by atoms with Gasteiger partial charge < -0.3 is 5.11 Å². The summed E-state index contributed by atoms with van der Waals surface area (Å²) in [7, 11) is 0. The van der Waals surface area contributed by atoms with E-state index in [2.05, 4.69) is 17.2 Å². The molecule has 0 spiro atoms. The molecule has 3 aromatic rings. The van der Waals surface area contributed by atoms with Gasteiger partial charge in [-0.25, -0.2) is 4.79 Å². The Morgan fingerprint density at radius 1 is 1.10 bits per heavy atom. The molecule has 2 aromatic carbocycles. The Morgan fingerprint density at radius 3 is 2.57 bits per heavy atom. The third-order valence-corrected chi connectivity index (χ3v) is 4.17. The van der Waals surface area contributed by atoms with Gasteiger partial charge in [-0.3, -0.25) is 4.68 Å². The number of carboxylic acid groups (broad SMARTS) is 1. The number of para-hydroxylation sites is 1. The number of rotatable bonds is 5. The number of carbonyl (C=O) groups is 1. The largest absolute Gasteiger partial charge is 0.476 e. The lowest BCUT2D eigenvalue weighted by Gasteiger charge is -2.03. The first-order valence-electron chi connectivity index (χ1n) is 6.62. The maximum atomic E-state index is 11.2. The van der Waals surface area contributed by atoms with E-state index in [1.54, 1.807) is 22.5 Å². The normalized spacial score (nSPS) is 10.9. The second-order valence-electron chi connectivity index (χ2n) is 4.56. The molecule has 0 atom stereocenters. The van der Waals surface area contributed by atoms with Gasteiger partial charge in [-0.1, -0.05) is 36.4 Å². The summed E-state index contributed by atoms with van der Waals surface area (Å²) in [6.45, 7) is 0.674. The summed E-state index contributed by atoms with van der Waals surface area (Å²) in [5, 5.41) is 14.1. The molecule has 0 aliphatic heterocycles. The first-order chi connectivity index (χ1) is 10.3. The van der Waals surface area contributed by atoms with Crippen molar-refractivity contribution in [3.8, 4) is 0 Å². The molecule has 0 bridgehead atoms. The van der Waals surface area contributed by atoms with Crippen molar-refractivity contribution in [2.24, 2.45) is 0 Å². The fraction of sp³-hybridized carbons (Fsp3) is 0.125. The zero-order chi connectivity index (χ0) is 14.7. The molecule has 3 rings (SSSR count). The first kappa shape index (κ1) is 13.7. The highest BCUT2D eigenvalue weighted by Crippen LogP contribution is 2.21. The summed E-state index contributed by atoms with van der Waals surface area (Å²) in [4.78, 5) is 12.4. The molecule has 106 valence electrons. The van der Waals surface area contributed by atoms with Crippen molar-refractivity contribution >= 4 is 28.6 Å². The molecule has 0 radical (unpaired) electrons. The zero-order valence-electron chi connectivity index (χ0n) is 11.3. The third kappa shape index (κ3) is 2.92. The predicted octanol–water partition coefficient (Wildman–Crippen LogP) is 3.53. The van der Waals surface area contributed by atoms with Crippen LogP contribution in [0.1, 0.15) is 10.5 Å². The molecular weight excluding hydrogens is 284 g/mol. The van der Waals surface area contributed by atoms with Gasteiger partial charge in [-0.2, -0.15) is 5.10 Å². The highest BCUT2D eigenvalue weighted by Gasteiger charge is 2.15. The van der Waals surface area contributed by atoms with Crippen LogP contribution < -0.4 is 0 Å². The summed E-state index contributed by atoms with van der Waals surface area (Å²) in [6, 6.07) is 17.6. The van der Waals surface area contributed by atoms with Crippen LogP contribution >= 0.6 is 11.8 Å². The van der Waals surface area contributed by atoms with Gasteiger partial charge in [0.25, 0.3) is 0 Å². The number of aromatic carboxylic acids is 1. The van der Waals surface area contributed by atoms with Crippen molar-refractivity contribution in [2.45, 2.75) is 11.4 Å². The molecule has 0 amide bonds. The SMILES string of the molecule is O=C(O)c1nn(CCSc2ccccc2)c2ccccc12. The molecule has 1 N–H and O–H groups in total. The molecule has 0 saturated heterocycles. The zero-order valence-corrected chi connectivity index (χ0v) is 12.1. The van der Waals surface area contributed by atoms with E-state index < -0.39 is 5.97 Å². The molecule has 5 heteroatoms. The number of fused-ring (bicyclic) bond motifs is 1. The molecule has 0 aliphatic rings. The van der Waals surface area contributed by atoms with Crippen LogP contribution in [0.25, 0.3) is 10.9 Å². The lowest BCUT2D eigenvalue weighted by atomic mass is 10.2. The number of nitrogens with zero attached hydrogens (tertiary/aromatic N) is 2. The molecule has 0 fully saturated rings. The van der Waals surface area contributed by atoms with Gasteiger partial charge in [0.1, 0.15) is 0 Å². The van der Waals surface area contributed by atoms with Gasteiger partial charge in [0.2, 0.25) is 0 Å². The van der Waals surface area contributed by atoms with E-state index in [1.165, 1.54) is 4.90 Å². The first-order valence-corrected chi connectivity index (χ1v) is 7.61. The number of carboxylic acids is 1. The van der Waals surface area contributed by atoms with Gasteiger partial charge in [0.15, 0.2) is 5.69 Å². The number of thioether (sulfide) groups is 1. The molecule has 4 nitrogen and oxygen atoms in total. The number of hydrogen-bond acceptors (Lipinski definition) is 3. The van der Waals surface area contributed by atoms with E-state index in [1.807, 2.05) is 36.4 Å². The lowest BCUT2D eigenvalue weighted by molar-refractivity contribution is 0.0691. The van der Waals surface area contributed by atoms with Crippen LogP contribution in [0, 0.1) is 0 Å². The minimum absolute atomic E-state index is 0.121. The van der Waals surface area contributed by atoms with Crippen LogP contribution in [-0.2, 0) is 6.54 Å². The fourth-order valence-electron chi connectivity index (χ4n) is 2.22. The van der Waals surface area contributed by atoms with Gasteiger partial charge >= 0.3 is 5.97 Å². The van der Waals surface area contributed by atoms with E-state index in [-0.39, 0.29) is 5.69 Å². The molecule has 0 unspecified atom stereocenters. The maximum Gasteiger partial charge on any atom is 0.357 e. The molecule has 0 saturated carbocycles. The van der Waals surface area contributed by atoms with E-state index in [9.17, 15) is 9.90 Å². The monoisotopic (exact) mass is 298 g/mol. The Bertz CT molecular complexity index is 768. The highest BCUT2D eigenvalue weighted by molar-refractivity contribution is 7.99. The van der Waals surface area contributed by atoms with Crippen molar-refractivity contribution in [2.75, 3.05) is 5.75 Å². The van der Waals surface area contributed by atoms with Crippen LogP contribution in [-0.4, -0.2) is 26.6 Å². The number of hydrogen-bond donors (Lipinski definition) is 1. The van der Waals surface area contributed by atoms with Crippen LogP contribution in [0.3, 0.4) is 0 Å². The fourth-order valence-corrected chi connectivity index (χ4v) is 3.07. The summed E-state index contributed by atoms with van der Waals surface area (Å²) < 4.78 is 1.77. The highest BCUT2D eigenvalue weighted by atomic mass is 32.2. The molecule has 1 aromatic heterocycles. The maximum absolute atomic E-state index is 11.2. The average Bonchev–Trinajstić information content (AvgIpc) is 2.88. The van der Waals surface area contributed by atoms with Gasteiger partial charge in [0.05, 0.1) is 12.1 Å². The summed E-state index contributed by atoms with van der Waals surface area (Å²) in [5.41, 5.74) is 0.985. The second-order valence-corrected chi connectivity index (χ2v) is 5.72. The van der Waals surface area contributed by atoms with E-state index >= 15 is 0 Å². The lowest BCUT2D eigenvalue weighted by Crippen LogP contribution is -2.05. The van der Waals surface area contributed by atoms with Crippen LogP contribution in [0.2, 0.25) is 0 Å². The van der Waals surface area contributed by atoms with E-state index in [4.69, 9.17) is 0 Å². The minimum Gasteiger partial charge on any atom is -0.476 e. The number of benzene rings is 2. The smallest absolute Gasteiger partial charge is 0.357 e. The van der Waals surface area contributed by atoms with Crippen LogP contribution in [0.5, 0.6) is 0 Å². The third-order valence-electron chi connectivity index (χ3n) is 3.18. The minimum atomic E-state index is -0.985. The Labute approximate surface area is 126 Å². The van der Waals surface area contributed by atoms with Gasteiger partial charge in [0, 0.05) is 16.0 Å². The van der Waals surface area contributed by atoms with Crippen molar-refractivity contribution in [3.63, 3.8) is 0 Å². The number of aryl methyl sites for hydroxylation is 1. The van der Waals surface area contributed by atoms with Gasteiger partial charge in [-0.15, -0.1) is 11.8 Å². The summed E-state index contributed by atoms with van der Waals surface area (Å²) in [6.07, 6.45) is 0. The standard InChI is InChI=1S/C16H14N2O2S/c19-16(20)15-13-8-4-5-9-14(13)18(17-15)10-11-21-12-6-2-1-3-7-12/h1-9H,10-11H2,(H,19,20). The Balaban J connectivity index is 1.79. The van der Waals surface area contributed by atoms with Crippen molar-refractivity contribution in [3.05, 3.63) is 60.3 Å². The summed E-state index contributed by atoms with van der Waals surface area (Å²) >= 11 is 1.73. The summed E-state index contributed by atoms with van der Waals surface area (Å²) in [5.74, 6) is -0.143. The van der Waals surface area contributed by atoms with Gasteiger partial charge in [-0.05, 0) is 18.2 Å². The molecular formula is C16H14N2O2S. The van der Waals surface area contributed by atoms with E-state index in [0.717, 1.165) is 11.3 Å². The Morgan fingerprint density at radius 2 is 1.81 bits per heavy atom.